The molecule has 1 heterocycles. The van der Waals surface area contributed by atoms with Crippen molar-refractivity contribution < 1.29 is 14.3 Å². The highest BCUT2D eigenvalue weighted by Crippen LogP contribution is 2.09. The van der Waals surface area contributed by atoms with Crippen molar-refractivity contribution in [1.29, 1.82) is 0 Å². The summed E-state index contributed by atoms with van der Waals surface area (Å²) in [6.45, 7) is 3.40. The molecule has 0 aliphatic heterocycles. The van der Waals surface area contributed by atoms with Gasteiger partial charge >= 0.3 is 5.97 Å². The molecule has 0 amide bonds. The number of pyridine rings is 1. The number of hydrogen-bond donors (Lipinski definition) is 1. The van der Waals surface area contributed by atoms with Crippen LogP contribution in [0.25, 0.3) is 0 Å². The average molecular weight is 224 g/mol. The first-order valence-corrected chi connectivity index (χ1v) is 5.13. The second kappa shape index (κ2) is 6.79. The van der Waals surface area contributed by atoms with E-state index >= 15 is 0 Å². The van der Waals surface area contributed by atoms with Crippen molar-refractivity contribution >= 4 is 11.7 Å². The highest BCUT2D eigenvalue weighted by Gasteiger charge is 2.06. The van der Waals surface area contributed by atoms with E-state index in [1.54, 1.807) is 26.3 Å². The molecule has 0 aliphatic carbocycles. The van der Waals surface area contributed by atoms with Gasteiger partial charge in [0.2, 0.25) is 0 Å². The zero-order valence-electron chi connectivity index (χ0n) is 9.53. The molecule has 0 saturated heterocycles. The van der Waals surface area contributed by atoms with Crippen LogP contribution in [0.1, 0.15) is 17.3 Å². The quantitative estimate of drug-likeness (QED) is 0.583. The highest BCUT2D eigenvalue weighted by molar-refractivity contribution is 5.90. The summed E-state index contributed by atoms with van der Waals surface area (Å²) in [5, 5.41) is 3.09. The Bertz CT molecular complexity index is 342. The van der Waals surface area contributed by atoms with E-state index in [2.05, 4.69) is 10.3 Å². The molecule has 0 saturated carbocycles. The van der Waals surface area contributed by atoms with E-state index in [1.807, 2.05) is 0 Å². The third-order valence-corrected chi connectivity index (χ3v) is 1.88. The summed E-state index contributed by atoms with van der Waals surface area (Å²) in [6, 6.07) is 1.71. The lowest BCUT2D eigenvalue weighted by molar-refractivity contribution is 0.0526. The zero-order valence-corrected chi connectivity index (χ0v) is 9.53. The fourth-order valence-electron chi connectivity index (χ4n) is 1.16. The van der Waals surface area contributed by atoms with Crippen molar-refractivity contribution in [2.45, 2.75) is 6.92 Å². The van der Waals surface area contributed by atoms with Crippen molar-refractivity contribution in [2.24, 2.45) is 0 Å². The molecule has 0 atom stereocenters. The number of esters is 1. The summed E-state index contributed by atoms with van der Waals surface area (Å²) in [7, 11) is 1.63. The smallest absolute Gasteiger partial charge is 0.339 e. The number of anilines is 1. The molecule has 0 aromatic carbocycles. The van der Waals surface area contributed by atoms with Crippen LogP contribution in [-0.2, 0) is 9.47 Å². The standard InChI is InChI=1S/C11H16N2O3/c1-3-16-11(14)9-6-10(8-12-7-9)13-4-5-15-2/h6-8,13H,3-5H2,1-2H3. The second-order valence-corrected chi connectivity index (χ2v) is 3.10. The number of carbonyl (C=O) groups excluding carboxylic acids is 1. The normalized spacial score (nSPS) is 9.88. The van der Waals surface area contributed by atoms with E-state index in [0.29, 0.717) is 25.3 Å². The minimum absolute atomic E-state index is 0.356. The van der Waals surface area contributed by atoms with Crippen LogP contribution in [0, 0.1) is 0 Å². The Labute approximate surface area is 94.8 Å². The maximum atomic E-state index is 11.4. The van der Waals surface area contributed by atoms with E-state index < -0.39 is 0 Å². The van der Waals surface area contributed by atoms with Crippen LogP contribution in [0.2, 0.25) is 0 Å². The van der Waals surface area contributed by atoms with E-state index in [9.17, 15) is 4.79 Å². The lowest BCUT2D eigenvalue weighted by Gasteiger charge is -2.06. The molecule has 0 unspecified atom stereocenters. The Balaban J connectivity index is 2.60. The van der Waals surface area contributed by atoms with Crippen molar-refractivity contribution in [3.05, 3.63) is 24.0 Å². The van der Waals surface area contributed by atoms with Crippen molar-refractivity contribution in [1.82, 2.24) is 4.98 Å². The van der Waals surface area contributed by atoms with E-state index in [0.717, 1.165) is 5.69 Å². The van der Waals surface area contributed by atoms with Gasteiger partial charge in [0, 0.05) is 26.0 Å². The first kappa shape index (κ1) is 12.4. The monoisotopic (exact) mass is 224 g/mol. The Morgan fingerprint density at radius 3 is 3.00 bits per heavy atom. The van der Waals surface area contributed by atoms with Crippen molar-refractivity contribution in [3.63, 3.8) is 0 Å². The molecule has 1 N–H and O–H groups in total. The number of nitrogens with one attached hydrogen (secondary N) is 1. The Morgan fingerprint density at radius 1 is 1.50 bits per heavy atom. The maximum Gasteiger partial charge on any atom is 0.339 e. The van der Waals surface area contributed by atoms with Gasteiger partial charge in [0.05, 0.1) is 24.5 Å². The molecule has 88 valence electrons. The number of hydrogen-bond acceptors (Lipinski definition) is 5. The topological polar surface area (TPSA) is 60.5 Å². The van der Waals surface area contributed by atoms with Crippen LogP contribution in [0.15, 0.2) is 18.5 Å². The second-order valence-electron chi connectivity index (χ2n) is 3.10. The molecular formula is C11H16N2O3. The van der Waals surface area contributed by atoms with Gasteiger partial charge in [-0.1, -0.05) is 0 Å². The Hall–Kier alpha value is -1.62. The van der Waals surface area contributed by atoms with Gasteiger partial charge in [0.1, 0.15) is 0 Å². The number of nitrogens with zero attached hydrogens (tertiary/aromatic N) is 1. The fraction of sp³-hybridized carbons (Fsp3) is 0.455. The van der Waals surface area contributed by atoms with Crippen LogP contribution < -0.4 is 5.32 Å². The summed E-state index contributed by atoms with van der Waals surface area (Å²) < 4.78 is 9.78. The Morgan fingerprint density at radius 2 is 2.31 bits per heavy atom. The minimum atomic E-state index is -0.356. The summed E-state index contributed by atoms with van der Waals surface area (Å²) in [5.74, 6) is -0.356. The summed E-state index contributed by atoms with van der Waals surface area (Å²) >= 11 is 0. The predicted octanol–water partition coefficient (Wildman–Crippen LogP) is 1.32. The molecule has 0 spiro atoms. The van der Waals surface area contributed by atoms with Crippen LogP contribution in [0.5, 0.6) is 0 Å². The maximum absolute atomic E-state index is 11.4. The first-order chi connectivity index (χ1) is 7.77. The van der Waals surface area contributed by atoms with Gasteiger partial charge in [0.15, 0.2) is 0 Å². The SMILES string of the molecule is CCOC(=O)c1cncc(NCCOC)c1. The van der Waals surface area contributed by atoms with Crippen LogP contribution in [0.4, 0.5) is 5.69 Å². The summed E-state index contributed by atoms with van der Waals surface area (Å²) in [4.78, 5) is 15.4. The van der Waals surface area contributed by atoms with Gasteiger partial charge in [-0.15, -0.1) is 0 Å². The van der Waals surface area contributed by atoms with Gasteiger partial charge < -0.3 is 14.8 Å². The number of aromatic nitrogens is 1. The van der Waals surface area contributed by atoms with Crippen LogP contribution in [-0.4, -0.2) is 37.8 Å². The van der Waals surface area contributed by atoms with Crippen molar-refractivity contribution in [2.75, 3.05) is 32.2 Å². The van der Waals surface area contributed by atoms with E-state index in [1.165, 1.54) is 6.20 Å². The summed E-state index contributed by atoms with van der Waals surface area (Å²) in [5.41, 5.74) is 1.23. The molecule has 1 rings (SSSR count). The molecule has 16 heavy (non-hydrogen) atoms. The molecule has 0 fully saturated rings. The number of rotatable bonds is 6. The first-order valence-electron chi connectivity index (χ1n) is 5.13. The van der Waals surface area contributed by atoms with Gasteiger partial charge in [-0.2, -0.15) is 0 Å². The Kier molecular flexibility index (Phi) is 5.28. The molecule has 1 aromatic rings. The van der Waals surface area contributed by atoms with Gasteiger partial charge in [0.25, 0.3) is 0 Å². The largest absolute Gasteiger partial charge is 0.462 e. The lowest BCUT2D eigenvalue weighted by atomic mass is 10.2. The number of methoxy groups -OCH3 is 1. The minimum Gasteiger partial charge on any atom is -0.462 e. The predicted molar refractivity (Wildman–Crippen MR) is 60.6 cm³/mol. The summed E-state index contributed by atoms with van der Waals surface area (Å²) in [6.07, 6.45) is 3.14. The molecular weight excluding hydrogens is 208 g/mol. The molecule has 1 aromatic heterocycles. The molecule has 0 aliphatic rings. The van der Waals surface area contributed by atoms with E-state index in [-0.39, 0.29) is 5.97 Å². The number of carbonyl (C=O) groups is 1. The average Bonchev–Trinajstić information content (AvgIpc) is 2.30. The third kappa shape index (κ3) is 3.86. The zero-order chi connectivity index (χ0) is 11.8. The fourth-order valence-corrected chi connectivity index (χ4v) is 1.16. The number of ether oxygens (including phenoxy) is 2. The molecule has 5 nitrogen and oxygen atoms in total. The highest BCUT2D eigenvalue weighted by atomic mass is 16.5. The molecule has 5 heteroatoms. The van der Waals surface area contributed by atoms with Crippen LogP contribution in [0.3, 0.4) is 0 Å². The molecule has 0 bridgehead atoms. The van der Waals surface area contributed by atoms with Gasteiger partial charge in [-0.3, -0.25) is 4.98 Å². The van der Waals surface area contributed by atoms with Gasteiger partial charge in [-0.05, 0) is 13.0 Å². The van der Waals surface area contributed by atoms with Gasteiger partial charge in [-0.25, -0.2) is 4.79 Å². The van der Waals surface area contributed by atoms with Crippen molar-refractivity contribution in [3.8, 4) is 0 Å². The van der Waals surface area contributed by atoms with E-state index in [4.69, 9.17) is 9.47 Å². The molecule has 0 radical (unpaired) electrons. The van der Waals surface area contributed by atoms with Crippen LogP contribution >= 0.6 is 0 Å². The lowest BCUT2D eigenvalue weighted by Crippen LogP contribution is -2.10. The third-order valence-electron chi connectivity index (χ3n) is 1.88.